The molecule has 0 N–H and O–H groups in total. The number of sulfone groups is 1. The molecule has 11 nitrogen and oxygen atoms in total. The van der Waals surface area contributed by atoms with E-state index in [1.807, 2.05) is 48.5 Å². The fourth-order valence-corrected chi connectivity index (χ4v) is 6.30. The van der Waals surface area contributed by atoms with E-state index < -0.39 is 9.84 Å². The Kier molecular flexibility index (Phi) is 9.26. The molecule has 0 radical (unpaired) electrons. The van der Waals surface area contributed by atoms with Crippen LogP contribution in [0.2, 0.25) is 0 Å². The van der Waals surface area contributed by atoms with Crippen molar-refractivity contribution in [3.8, 4) is 22.5 Å². The summed E-state index contributed by atoms with van der Waals surface area (Å²) in [5.74, 6) is 0.394. The van der Waals surface area contributed by atoms with Gasteiger partial charge in [-0.25, -0.2) is 18.1 Å². The molecule has 244 valence electrons. The first-order valence-corrected chi connectivity index (χ1v) is 17.6. The highest BCUT2D eigenvalue weighted by molar-refractivity contribution is 7.90. The van der Waals surface area contributed by atoms with Crippen LogP contribution in [0.5, 0.6) is 0 Å². The lowest BCUT2D eigenvalue weighted by molar-refractivity contribution is 0.0986. The van der Waals surface area contributed by atoms with Crippen molar-refractivity contribution >= 4 is 32.3 Å². The van der Waals surface area contributed by atoms with Gasteiger partial charge in [0, 0.05) is 36.7 Å². The molecule has 0 aliphatic heterocycles. The topological polar surface area (TPSA) is 133 Å². The molecule has 0 saturated heterocycles. The second kappa shape index (κ2) is 13.7. The van der Waals surface area contributed by atoms with Crippen LogP contribution in [0.3, 0.4) is 0 Å². The normalized spacial score (nSPS) is 11.6. The summed E-state index contributed by atoms with van der Waals surface area (Å²) >= 11 is 0. The van der Waals surface area contributed by atoms with E-state index in [2.05, 4.69) is 27.4 Å². The third kappa shape index (κ3) is 6.79. The summed E-state index contributed by atoms with van der Waals surface area (Å²) in [5.41, 5.74) is 5.07. The van der Waals surface area contributed by atoms with E-state index in [1.54, 1.807) is 45.7 Å². The Morgan fingerprint density at radius 2 is 1.62 bits per heavy atom. The summed E-state index contributed by atoms with van der Waals surface area (Å²) < 4.78 is 27.1. The number of aromatic nitrogens is 6. The van der Waals surface area contributed by atoms with Crippen LogP contribution in [0.4, 0.5) is 5.69 Å². The number of fused-ring (bicyclic) bond motifs is 1. The Morgan fingerprint density at radius 3 is 2.29 bits per heavy atom. The molecule has 2 heterocycles. The average Bonchev–Trinajstić information content (AvgIpc) is 3.53. The SMILES string of the molecule is CCCCCN(C(=O)c1ccc(S(C)(=O)=O)cc1)c1ccc2ncn(Cc3ccc(-c4ccccc4-c4nnnn4C)cc3)c(=O)c2c1. The molecule has 48 heavy (non-hydrogen) atoms. The Balaban J connectivity index is 1.28. The largest absolute Gasteiger partial charge is 0.308 e. The standard InChI is InChI=1S/C36H35N7O4S/c1-4-5-8-21-43(35(44)27-15-18-29(19-16-27)48(3,46)47)28-17-20-33-32(22-28)36(45)42(24-37-33)23-25-11-13-26(14-12-25)30-9-6-7-10-31(30)34-38-39-40-41(34)2/h6-7,9-20,22,24H,4-5,8,21,23H2,1-3H3. The van der Waals surface area contributed by atoms with E-state index in [4.69, 9.17) is 0 Å². The number of nitrogens with zero attached hydrogens (tertiary/aromatic N) is 7. The van der Waals surface area contributed by atoms with Gasteiger partial charge in [0.05, 0.1) is 28.7 Å². The molecule has 6 rings (SSSR count). The molecule has 0 aliphatic carbocycles. The van der Waals surface area contributed by atoms with E-state index in [1.165, 1.54) is 24.3 Å². The minimum absolute atomic E-state index is 0.146. The van der Waals surface area contributed by atoms with Gasteiger partial charge in [-0.1, -0.05) is 68.3 Å². The zero-order chi connectivity index (χ0) is 33.8. The lowest BCUT2D eigenvalue weighted by Crippen LogP contribution is -2.32. The van der Waals surface area contributed by atoms with Gasteiger partial charge in [-0.05, 0) is 76.0 Å². The zero-order valence-electron chi connectivity index (χ0n) is 26.9. The molecule has 0 bridgehead atoms. The lowest BCUT2D eigenvalue weighted by Gasteiger charge is -2.23. The Morgan fingerprint density at radius 1 is 0.896 bits per heavy atom. The summed E-state index contributed by atoms with van der Waals surface area (Å²) in [4.78, 5) is 33.8. The van der Waals surface area contributed by atoms with Crippen LogP contribution in [0.25, 0.3) is 33.4 Å². The summed E-state index contributed by atoms with van der Waals surface area (Å²) in [5, 5.41) is 12.3. The molecule has 0 unspecified atom stereocenters. The molecule has 0 fully saturated rings. The number of amides is 1. The predicted octanol–water partition coefficient (Wildman–Crippen LogP) is 5.54. The third-order valence-corrected chi connectivity index (χ3v) is 9.41. The van der Waals surface area contributed by atoms with E-state index in [9.17, 15) is 18.0 Å². The number of carbonyl (C=O) groups is 1. The number of aryl methyl sites for hydroxylation is 1. The van der Waals surface area contributed by atoms with Gasteiger partial charge in [0.2, 0.25) is 0 Å². The maximum absolute atomic E-state index is 13.8. The maximum atomic E-state index is 13.8. The lowest BCUT2D eigenvalue weighted by atomic mass is 9.98. The van der Waals surface area contributed by atoms with Crippen molar-refractivity contribution in [2.45, 2.75) is 37.6 Å². The first kappa shape index (κ1) is 32.5. The summed E-state index contributed by atoms with van der Waals surface area (Å²) in [6.45, 7) is 2.85. The van der Waals surface area contributed by atoms with Crippen LogP contribution in [0, 0.1) is 0 Å². The number of tetrazole rings is 1. The molecule has 2 aromatic heterocycles. The number of hydrogen-bond donors (Lipinski definition) is 0. The second-order valence-corrected chi connectivity index (χ2v) is 13.7. The molecular weight excluding hydrogens is 627 g/mol. The Hall–Kier alpha value is -5.49. The van der Waals surface area contributed by atoms with Crippen molar-refractivity contribution in [3.63, 3.8) is 0 Å². The number of carbonyl (C=O) groups excluding carboxylic acids is 1. The van der Waals surface area contributed by atoms with Crippen LogP contribution in [-0.4, -0.2) is 56.9 Å². The fourth-order valence-electron chi connectivity index (χ4n) is 5.67. The highest BCUT2D eigenvalue weighted by atomic mass is 32.2. The molecule has 0 atom stereocenters. The average molecular weight is 662 g/mol. The van der Waals surface area contributed by atoms with Crippen molar-refractivity contribution in [1.29, 1.82) is 0 Å². The zero-order valence-corrected chi connectivity index (χ0v) is 27.8. The molecule has 0 aliphatic rings. The summed E-state index contributed by atoms with van der Waals surface area (Å²) in [6.07, 6.45) is 5.35. The van der Waals surface area contributed by atoms with Crippen molar-refractivity contribution in [2.24, 2.45) is 7.05 Å². The highest BCUT2D eigenvalue weighted by Crippen LogP contribution is 2.30. The monoisotopic (exact) mass is 661 g/mol. The van der Waals surface area contributed by atoms with Gasteiger partial charge in [0.1, 0.15) is 0 Å². The van der Waals surface area contributed by atoms with Gasteiger partial charge in [0.25, 0.3) is 11.5 Å². The summed E-state index contributed by atoms with van der Waals surface area (Å²) in [7, 11) is -1.59. The minimum Gasteiger partial charge on any atom is -0.308 e. The second-order valence-electron chi connectivity index (χ2n) is 11.7. The van der Waals surface area contributed by atoms with Crippen molar-refractivity contribution in [1.82, 2.24) is 29.8 Å². The number of rotatable bonds is 11. The first-order valence-electron chi connectivity index (χ1n) is 15.7. The van der Waals surface area contributed by atoms with Gasteiger partial charge in [-0.2, -0.15) is 0 Å². The van der Waals surface area contributed by atoms with E-state index >= 15 is 0 Å². The van der Waals surface area contributed by atoms with Crippen LogP contribution in [0.15, 0.2) is 107 Å². The van der Waals surface area contributed by atoms with Crippen LogP contribution in [0.1, 0.15) is 42.1 Å². The number of benzene rings is 4. The maximum Gasteiger partial charge on any atom is 0.261 e. The molecule has 0 saturated carbocycles. The van der Waals surface area contributed by atoms with Gasteiger partial charge in [-0.15, -0.1) is 5.10 Å². The Labute approximate surface area is 278 Å². The number of unbranched alkanes of at least 4 members (excludes halogenated alkanes) is 2. The van der Waals surface area contributed by atoms with E-state index in [0.717, 1.165) is 47.8 Å². The number of anilines is 1. The molecule has 6 aromatic rings. The molecule has 4 aromatic carbocycles. The van der Waals surface area contributed by atoms with Crippen molar-refractivity contribution in [3.05, 3.63) is 119 Å². The third-order valence-electron chi connectivity index (χ3n) is 8.29. The predicted molar refractivity (Wildman–Crippen MR) is 186 cm³/mol. The first-order chi connectivity index (χ1) is 23.1. The van der Waals surface area contributed by atoms with Crippen LogP contribution in [-0.2, 0) is 23.4 Å². The highest BCUT2D eigenvalue weighted by Gasteiger charge is 2.20. The van der Waals surface area contributed by atoms with Gasteiger partial charge in [-0.3, -0.25) is 14.2 Å². The van der Waals surface area contributed by atoms with Crippen LogP contribution < -0.4 is 10.5 Å². The molecule has 0 spiro atoms. The molecule has 1 amide bonds. The molecular formula is C36H35N7O4S. The quantitative estimate of drug-likeness (QED) is 0.165. The van der Waals surface area contributed by atoms with Gasteiger partial charge >= 0.3 is 0 Å². The molecule has 12 heteroatoms. The van der Waals surface area contributed by atoms with Crippen LogP contribution >= 0.6 is 0 Å². The number of hydrogen-bond acceptors (Lipinski definition) is 8. The van der Waals surface area contributed by atoms with E-state index in [-0.39, 0.29) is 16.4 Å². The smallest absolute Gasteiger partial charge is 0.261 e. The summed E-state index contributed by atoms with van der Waals surface area (Å²) in [6, 6.07) is 27.1. The van der Waals surface area contributed by atoms with Gasteiger partial charge < -0.3 is 4.90 Å². The Bertz CT molecular complexity index is 2260. The van der Waals surface area contributed by atoms with Crippen molar-refractivity contribution < 1.29 is 13.2 Å². The minimum atomic E-state index is -3.39. The fraction of sp³-hybridized carbons (Fsp3) is 0.222. The van der Waals surface area contributed by atoms with Gasteiger partial charge in [0.15, 0.2) is 15.7 Å². The van der Waals surface area contributed by atoms with E-state index in [0.29, 0.717) is 41.1 Å². The van der Waals surface area contributed by atoms with Crippen molar-refractivity contribution in [2.75, 3.05) is 17.7 Å².